The van der Waals surface area contributed by atoms with Gasteiger partial charge in [-0.15, -0.1) is 0 Å². The van der Waals surface area contributed by atoms with Crippen LogP contribution in [0.1, 0.15) is 5.56 Å². The van der Waals surface area contributed by atoms with Crippen LogP contribution in [0.25, 0.3) is 11.0 Å². The molecular formula is C18H18BrN5O. The van der Waals surface area contributed by atoms with Crippen molar-refractivity contribution in [2.75, 3.05) is 36.5 Å². The fourth-order valence-electron chi connectivity index (χ4n) is 2.97. The molecule has 0 unspecified atom stereocenters. The minimum Gasteiger partial charge on any atom is -0.379 e. The number of anilines is 2. The molecule has 1 aliphatic rings. The Kier molecular flexibility index (Phi) is 4.76. The summed E-state index contributed by atoms with van der Waals surface area (Å²) in [6.45, 7) is 3.92. The van der Waals surface area contributed by atoms with E-state index >= 15 is 0 Å². The lowest BCUT2D eigenvalue weighted by Crippen LogP contribution is -2.37. The fraction of sp³-hybridized carbons (Fsp3) is 0.278. The molecular weight excluding hydrogens is 382 g/mol. The van der Waals surface area contributed by atoms with Crippen LogP contribution in [-0.2, 0) is 11.3 Å². The molecule has 128 valence electrons. The molecule has 0 radical (unpaired) electrons. The van der Waals surface area contributed by atoms with Gasteiger partial charge in [-0.05, 0) is 34.1 Å². The molecule has 0 aromatic carbocycles. The number of halogens is 1. The molecule has 0 bridgehead atoms. The monoisotopic (exact) mass is 399 g/mol. The molecule has 1 N–H and O–H groups in total. The van der Waals surface area contributed by atoms with Crippen LogP contribution in [0.2, 0.25) is 0 Å². The van der Waals surface area contributed by atoms with Crippen molar-refractivity contribution in [1.82, 2.24) is 15.0 Å². The van der Waals surface area contributed by atoms with Gasteiger partial charge in [-0.3, -0.25) is 9.97 Å². The maximum atomic E-state index is 5.44. The zero-order chi connectivity index (χ0) is 17.1. The number of hydrogen-bond donors (Lipinski definition) is 1. The molecule has 4 heterocycles. The van der Waals surface area contributed by atoms with E-state index in [-0.39, 0.29) is 0 Å². The summed E-state index contributed by atoms with van der Waals surface area (Å²) in [5, 5.41) is 3.49. The lowest BCUT2D eigenvalue weighted by molar-refractivity contribution is 0.122. The molecule has 3 aromatic heterocycles. The Balaban J connectivity index is 1.58. The highest BCUT2D eigenvalue weighted by Crippen LogP contribution is 2.24. The van der Waals surface area contributed by atoms with E-state index in [4.69, 9.17) is 4.74 Å². The lowest BCUT2D eigenvalue weighted by atomic mass is 10.2. The summed E-state index contributed by atoms with van der Waals surface area (Å²) in [6.07, 6.45) is 5.43. The van der Waals surface area contributed by atoms with Crippen molar-refractivity contribution in [3.63, 3.8) is 0 Å². The van der Waals surface area contributed by atoms with Gasteiger partial charge in [0.2, 0.25) is 0 Å². The SMILES string of the molecule is Brc1cnc2c(NCc3cccnc3N3CCOCC3)ccnc2c1. The molecule has 7 heteroatoms. The van der Waals surface area contributed by atoms with Gasteiger partial charge < -0.3 is 15.0 Å². The number of pyridine rings is 3. The second-order valence-corrected chi connectivity index (χ2v) is 6.73. The van der Waals surface area contributed by atoms with Crippen molar-refractivity contribution < 1.29 is 4.74 Å². The summed E-state index contributed by atoms with van der Waals surface area (Å²) in [5.41, 5.74) is 3.85. The molecule has 4 rings (SSSR count). The summed E-state index contributed by atoms with van der Waals surface area (Å²) in [5.74, 6) is 1.02. The Bertz CT molecular complexity index is 882. The molecule has 6 nitrogen and oxygen atoms in total. The van der Waals surface area contributed by atoms with Gasteiger partial charge in [0.05, 0.1) is 24.4 Å². The molecule has 3 aromatic rings. The lowest BCUT2D eigenvalue weighted by Gasteiger charge is -2.29. The number of fused-ring (bicyclic) bond motifs is 1. The van der Waals surface area contributed by atoms with Gasteiger partial charge in [0, 0.05) is 48.3 Å². The minimum absolute atomic E-state index is 0.678. The summed E-state index contributed by atoms with van der Waals surface area (Å²) < 4.78 is 6.37. The predicted octanol–water partition coefficient (Wildman–Crippen LogP) is 3.24. The third kappa shape index (κ3) is 3.57. The minimum atomic E-state index is 0.678. The highest BCUT2D eigenvalue weighted by Gasteiger charge is 2.16. The van der Waals surface area contributed by atoms with Crippen molar-refractivity contribution >= 4 is 38.5 Å². The first-order valence-corrected chi connectivity index (χ1v) is 9.01. The third-order valence-electron chi connectivity index (χ3n) is 4.19. The number of rotatable bonds is 4. The Morgan fingerprint density at radius 3 is 2.88 bits per heavy atom. The average molecular weight is 400 g/mol. The molecule has 0 aliphatic carbocycles. The Morgan fingerprint density at radius 2 is 2.00 bits per heavy atom. The van der Waals surface area contributed by atoms with Crippen molar-refractivity contribution in [2.24, 2.45) is 0 Å². The molecule has 0 atom stereocenters. The second kappa shape index (κ2) is 7.33. The van der Waals surface area contributed by atoms with Crippen LogP contribution in [0.3, 0.4) is 0 Å². The maximum absolute atomic E-state index is 5.44. The molecule has 1 fully saturated rings. The summed E-state index contributed by atoms with van der Waals surface area (Å²) >= 11 is 3.44. The fourth-order valence-corrected chi connectivity index (χ4v) is 3.29. The van der Waals surface area contributed by atoms with Crippen LogP contribution in [0.5, 0.6) is 0 Å². The van der Waals surface area contributed by atoms with E-state index in [0.717, 1.165) is 58.9 Å². The van der Waals surface area contributed by atoms with Crippen LogP contribution >= 0.6 is 15.9 Å². The predicted molar refractivity (Wildman–Crippen MR) is 102 cm³/mol. The van der Waals surface area contributed by atoms with E-state index in [1.165, 1.54) is 0 Å². The van der Waals surface area contributed by atoms with Crippen LogP contribution in [0, 0.1) is 0 Å². The van der Waals surface area contributed by atoms with Crippen molar-refractivity contribution in [2.45, 2.75) is 6.54 Å². The normalized spacial score (nSPS) is 14.7. The highest BCUT2D eigenvalue weighted by molar-refractivity contribution is 9.10. The first-order chi connectivity index (χ1) is 12.3. The summed E-state index contributed by atoms with van der Waals surface area (Å²) in [6, 6.07) is 8.00. The van der Waals surface area contributed by atoms with E-state index in [1.807, 2.05) is 24.4 Å². The van der Waals surface area contributed by atoms with Crippen molar-refractivity contribution in [3.8, 4) is 0 Å². The van der Waals surface area contributed by atoms with E-state index in [1.54, 1.807) is 12.4 Å². The van der Waals surface area contributed by atoms with E-state index in [9.17, 15) is 0 Å². The zero-order valence-electron chi connectivity index (χ0n) is 13.7. The number of hydrogen-bond acceptors (Lipinski definition) is 6. The van der Waals surface area contributed by atoms with Crippen LogP contribution in [-0.4, -0.2) is 41.3 Å². The first kappa shape index (κ1) is 16.2. The molecule has 25 heavy (non-hydrogen) atoms. The van der Waals surface area contributed by atoms with E-state index < -0.39 is 0 Å². The van der Waals surface area contributed by atoms with Gasteiger partial charge in [-0.1, -0.05) is 6.07 Å². The third-order valence-corrected chi connectivity index (χ3v) is 4.63. The van der Waals surface area contributed by atoms with Gasteiger partial charge in [-0.2, -0.15) is 0 Å². The molecule has 0 saturated carbocycles. The molecule has 0 spiro atoms. The van der Waals surface area contributed by atoms with Crippen molar-refractivity contribution in [3.05, 3.63) is 52.9 Å². The number of aromatic nitrogens is 3. The van der Waals surface area contributed by atoms with Crippen LogP contribution in [0.4, 0.5) is 11.5 Å². The quantitative estimate of drug-likeness (QED) is 0.726. The first-order valence-electron chi connectivity index (χ1n) is 8.22. The van der Waals surface area contributed by atoms with Gasteiger partial charge in [-0.25, -0.2) is 4.98 Å². The Morgan fingerprint density at radius 1 is 1.12 bits per heavy atom. The smallest absolute Gasteiger partial charge is 0.133 e. The maximum Gasteiger partial charge on any atom is 0.133 e. The largest absolute Gasteiger partial charge is 0.379 e. The Hall–Kier alpha value is -2.25. The molecule has 0 amide bonds. The topological polar surface area (TPSA) is 63.2 Å². The van der Waals surface area contributed by atoms with Crippen molar-refractivity contribution in [1.29, 1.82) is 0 Å². The summed E-state index contributed by atoms with van der Waals surface area (Å²) in [4.78, 5) is 15.7. The summed E-state index contributed by atoms with van der Waals surface area (Å²) in [7, 11) is 0. The van der Waals surface area contributed by atoms with E-state index in [0.29, 0.717) is 6.54 Å². The van der Waals surface area contributed by atoms with Crippen LogP contribution in [0.15, 0.2) is 47.3 Å². The van der Waals surface area contributed by atoms with Crippen LogP contribution < -0.4 is 10.2 Å². The second-order valence-electron chi connectivity index (χ2n) is 5.82. The highest BCUT2D eigenvalue weighted by atomic mass is 79.9. The Labute approximate surface area is 154 Å². The number of morpholine rings is 1. The van der Waals surface area contributed by atoms with E-state index in [2.05, 4.69) is 47.2 Å². The van der Waals surface area contributed by atoms with Gasteiger partial charge in [0.15, 0.2) is 0 Å². The number of nitrogens with one attached hydrogen (secondary N) is 1. The molecule has 1 aliphatic heterocycles. The van der Waals surface area contributed by atoms with Gasteiger partial charge in [0.1, 0.15) is 11.3 Å². The average Bonchev–Trinajstić information content (AvgIpc) is 2.67. The van der Waals surface area contributed by atoms with Gasteiger partial charge >= 0.3 is 0 Å². The standard InChI is InChI=1S/C18H18BrN5O/c19-14-10-16-17(23-12-14)15(3-5-20-16)22-11-13-2-1-4-21-18(13)24-6-8-25-9-7-24/h1-5,10,12H,6-9,11H2,(H,20,22). The van der Waals surface area contributed by atoms with Gasteiger partial charge in [0.25, 0.3) is 0 Å². The molecule has 1 saturated heterocycles. The number of ether oxygens (including phenoxy) is 1. The zero-order valence-corrected chi connectivity index (χ0v) is 15.2. The number of nitrogens with zero attached hydrogens (tertiary/aromatic N) is 4.